The van der Waals surface area contributed by atoms with Crippen LogP contribution in [0.2, 0.25) is 0 Å². The van der Waals surface area contributed by atoms with Gasteiger partial charge in [0, 0.05) is 25.8 Å². The minimum Gasteiger partial charge on any atom is -0.354 e. The van der Waals surface area contributed by atoms with Crippen LogP contribution in [0.1, 0.15) is 35.6 Å². The molecule has 0 spiro atoms. The van der Waals surface area contributed by atoms with Gasteiger partial charge in [0.05, 0.1) is 12.2 Å². The molecule has 2 aromatic heterocycles. The Morgan fingerprint density at radius 3 is 2.61 bits per heavy atom. The molecule has 23 heavy (non-hydrogen) atoms. The molecule has 0 aliphatic rings. The predicted octanol–water partition coefficient (Wildman–Crippen LogP) is 1.02. The highest BCUT2D eigenvalue weighted by molar-refractivity contribution is 5.79. The SMILES string of the molecule is CN=C(NCc1nc(C)no1)NC(C)Cc1c(C)nn(C)c1C. The number of aromatic nitrogens is 4. The van der Waals surface area contributed by atoms with Gasteiger partial charge in [-0.25, -0.2) is 0 Å². The molecular formula is C15H25N7O. The highest BCUT2D eigenvalue weighted by atomic mass is 16.5. The smallest absolute Gasteiger partial charge is 0.246 e. The van der Waals surface area contributed by atoms with Crippen molar-refractivity contribution in [3.8, 4) is 0 Å². The lowest BCUT2D eigenvalue weighted by atomic mass is 10.1. The molecule has 0 aromatic carbocycles. The molecule has 8 nitrogen and oxygen atoms in total. The summed E-state index contributed by atoms with van der Waals surface area (Å²) >= 11 is 0. The third-order valence-corrected chi connectivity index (χ3v) is 3.75. The van der Waals surface area contributed by atoms with Crippen molar-refractivity contribution in [1.29, 1.82) is 0 Å². The van der Waals surface area contributed by atoms with Gasteiger partial charge in [-0.05, 0) is 39.7 Å². The first-order valence-corrected chi connectivity index (χ1v) is 7.66. The normalized spacial score (nSPS) is 13.2. The lowest BCUT2D eigenvalue weighted by Crippen LogP contribution is -2.42. The van der Waals surface area contributed by atoms with Crippen molar-refractivity contribution < 1.29 is 4.52 Å². The fourth-order valence-corrected chi connectivity index (χ4v) is 2.47. The summed E-state index contributed by atoms with van der Waals surface area (Å²) in [5.74, 6) is 1.87. The van der Waals surface area contributed by atoms with E-state index in [4.69, 9.17) is 4.52 Å². The second-order valence-electron chi connectivity index (χ2n) is 5.68. The first-order chi connectivity index (χ1) is 10.9. The van der Waals surface area contributed by atoms with Crippen LogP contribution < -0.4 is 10.6 Å². The van der Waals surface area contributed by atoms with E-state index in [1.54, 1.807) is 14.0 Å². The minimum absolute atomic E-state index is 0.215. The van der Waals surface area contributed by atoms with Crippen molar-refractivity contribution in [1.82, 2.24) is 30.6 Å². The van der Waals surface area contributed by atoms with Gasteiger partial charge in [-0.1, -0.05) is 5.16 Å². The van der Waals surface area contributed by atoms with Crippen LogP contribution in [0.3, 0.4) is 0 Å². The van der Waals surface area contributed by atoms with Crippen LogP contribution in [-0.4, -0.2) is 39.0 Å². The third kappa shape index (κ3) is 4.30. The molecule has 2 heterocycles. The molecule has 2 rings (SSSR count). The van der Waals surface area contributed by atoms with E-state index in [9.17, 15) is 0 Å². The summed E-state index contributed by atoms with van der Waals surface area (Å²) in [7, 11) is 3.71. The average Bonchev–Trinajstić information content (AvgIpc) is 3.02. The number of aliphatic imine (C=N–C) groups is 1. The summed E-state index contributed by atoms with van der Waals surface area (Å²) in [5, 5.41) is 14.8. The summed E-state index contributed by atoms with van der Waals surface area (Å²) in [6, 6.07) is 0.215. The van der Waals surface area contributed by atoms with Crippen LogP contribution in [0.4, 0.5) is 0 Å². The van der Waals surface area contributed by atoms with Gasteiger partial charge in [-0.15, -0.1) is 0 Å². The number of nitrogens with one attached hydrogen (secondary N) is 2. The zero-order valence-corrected chi connectivity index (χ0v) is 14.6. The predicted molar refractivity (Wildman–Crippen MR) is 88.2 cm³/mol. The molecule has 0 amide bonds. The molecule has 0 radical (unpaired) electrons. The van der Waals surface area contributed by atoms with Crippen molar-refractivity contribution >= 4 is 5.96 Å². The summed E-state index contributed by atoms with van der Waals surface area (Å²) in [6.45, 7) is 8.49. The molecule has 0 bridgehead atoms. The number of guanidine groups is 1. The number of nitrogens with zero attached hydrogens (tertiary/aromatic N) is 5. The molecule has 0 saturated heterocycles. The fraction of sp³-hybridized carbons (Fsp3) is 0.600. The van der Waals surface area contributed by atoms with Gasteiger partial charge in [0.25, 0.3) is 0 Å². The fourth-order valence-electron chi connectivity index (χ4n) is 2.47. The second kappa shape index (κ2) is 7.26. The average molecular weight is 319 g/mol. The first kappa shape index (κ1) is 17.0. The van der Waals surface area contributed by atoms with Gasteiger partial charge < -0.3 is 15.2 Å². The van der Waals surface area contributed by atoms with Crippen molar-refractivity contribution in [3.05, 3.63) is 28.7 Å². The van der Waals surface area contributed by atoms with Gasteiger partial charge in [-0.2, -0.15) is 10.1 Å². The summed E-state index contributed by atoms with van der Waals surface area (Å²) in [5.41, 5.74) is 3.54. The van der Waals surface area contributed by atoms with E-state index in [1.807, 2.05) is 18.7 Å². The van der Waals surface area contributed by atoms with Crippen molar-refractivity contribution in [2.24, 2.45) is 12.0 Å². The molecule has 1 atom stereocenters. The molecular weight excluding hydrogens is 294 g/mol. The lowest BCUT2D eigenvalue weighted by molar-refractivity contribution is 0.371. The van der Waals surface area contributed by atoms with Gasteiger partial charge in [0.2, 0.25) is 5.89 Å². The highest BCUT2D eigenvalue weighted by Gasteiger charge is 2.14. The molecule has 126 valence electrons. The van der Waals surface area contributed by atoms with Crippen LogP contribution >= 0.6 is 0 Å². The Bertz CT molecular complexity index is 686. The maximum atomic E-state index is 5.08. The molecule has 0 fully saturated rings. The van der Waals surface area contributed by atoms with Gasteiger partial charge in [-0.3, -0.25) is 9.67 Å². The Balaban J connectivity index is 1.90. The van der Waals surface area contributed by atoms with E-state index in [2.05, 4.69) is 44.7 Å². The highest BCUT2D eigenvalue weighted by Crippen LogP contribution is 2.14. The van der Waals surface area contributed by atoms with Crippen LogP contribution in [0.25, 0.3) is 0 Å². The molecule has 0 saturated carbocycles. The zero-order valence-electron chi connectivity index (χ0n) is 14.6. The number of hydrogen-bond acceptors (Lipinski definition) is 5. The Morgan fingerprint density at radius 2 is 2.09 bits per heavy atom. The van der Waals surface area contributed by atoms with Crippen LogP contribution in [0.5, 0.6) is 0 Å². The Kier molecular flexibility index (Phi) is 5.36. The Hall–Kier alpha value is -2.38. The van der Waals surface area contributed by atoms with E-state index >= 15 is 0 Å². The van der Waals surface area contributed by atoms with Crippen molar-refractivity contribution in [2.75, 3.05) is 7.05 Å². The first-order valence-electron chi connectivity index (χ1n) is 7.66. The zero-order chi connectivity index (χ0) is 17.0. The molecule has 1 unspecified atom stereocenters. The van der Waals surface area contributed by atoms with E-state index in [-0.39, 0.29) is 6.04 Å². The largest absolute Gasteiger partial charge is 0.354 e. The minimum atomic E-state index is 0.215. The molecule has 0 aliphatic heterocycles. The van der Waals surface area contributed by atoms with E-state index in [0.717, 1.165) is 12.1 Å². The van der Waals surface area contributed by atoms with Crippen LogP contribution in [0.15, 0.2) is 9.52 Å². The molecule has 2 N–H and O–H groups in total. The van der Waals surface area contributed by atoms with E-state index in [0.29, 0.717) is 24.2 Å². The maximum Gasteiger partial charge on any atom is 0.246 e. The number of hydrogen-bond donors (Lipinski definition) is 2. The van der Waals surface area contributed by atoms with Gasteiger partial charge in [0.15, 0.2) is 11.8 Å². The van der Waals surface area contributed by atoms with E-state index in [1.165, 1.54) is 11.3 Å². The van der Waals surface area contributed by atoms with Crippen LogP contribution in [0, 0.1) is 20.8 Å². The topological polar surface area (TPSA) is 93.2 Å². The third-order valence-electron chi connectivity index (χ3n) is 3.75. The van der Waals surface area contributed by atoms with Crippen molar-refractivity contribution in [3.63, 3.8) is 0 Å². The second-order valence-corrected chi connectivity index (χ2v) is 5.68. The lowest BCUT2D eigenvalue weighted by Gasteiger charge is -2.17. The number of aryl methyl sites for hydroxylation is 3. The summed E-state index contributed by atoms with van der Waals surface area (Å²) in [4.78, 5) is 8.38. The van der Waals surface area contributed by atoms with E-state index < -0.39 is 0 Å². The van der Waals surface area contributed by atoms with Gasteiger partial charge >= 0.3 is 0 Å². The number of rotatable bonds is 5. The monoisotopic (exact) mass is 319 g/mol. The Labute approximate surface area is 136 Å². The Morgan fingerprint density at radius 1 is 1.35 bits per heavy atom. The quantitative estimate of drug-likeness (QED) is 0.631. The van der Waals surface area contributed by atoms with Gasteiger partial charge in [0.1, 0.15) is 0 Å². The van der Waals surface area contributed by atoms with Crippen molar-refractivity contribution in [2.45, 2.75) is 46.7 Å². The maximum absolute atomic E-state index is 5.08. The summed E-state index contributed by atoms with van der Waals surface area (Å²) in [6.07, 6.45) is 0.881. The molecule has 8 heteroatoms. The molecule has 0 aliphatic carbocycles. The summed E-state index contributed by atoms with van der Waals surface area (Å²) < 4.78 is 7.00. The standard InChI is InChI=1S/C15H25N7O/c1-9(7-13-10(2)20-22(6)11(13)3)18-15(16-5)17-8-14-19-12(4)21-23-14/h9H,7-8H2,1-6H3,(H2,16,17,18). The molecule has 2 aromatic rings. The van der Waals surface area contributed by atoms with Crippen LogP contribution in [-0.2, 0) is 20.0 Å².